The van der Waals surface area contributed by atoms with Crippen molar-refractivity contribution in [2.24, 2.45) is 0 Å². The molecule has 0 bridgehead atoms. The van der Waals surface area contributed by atoms with E-state index in [9.17, 15) is 18.4 Å². The van der Waals surface area contributed by atoms with Crippen LogP contribution in [0.2, 0.25) is 0 Å². The zero-order chi connectivity index (χ0) is 28.1. The molecule has 5 aromatic rings. The number of halogens is 2. The van der Waals surface area contributed by atoms with Crippen LogP contribution in [-0.2, 0) is 22.7 Å². The molecule has 0 spiro atoms. The van der Waals surface area contributed by atoms with E-state index >= 15 is 0 Å². The minimum Gasteiger partial charge on any atom is -0.350 e. The van der Waals surface area contributed by atoms with E-state index in [0.29, 0.717) is 17.0 Å². The minimum atomic E-state index is -1.10. The number of hydrogen-bond donors (Lipinski definition) is 1. The maximum absolute atomic E-state index is 14.1. The second-order valence-corrected chi connectivity index (χ2v) is 10.9. The van der Waals surface area contributed by atoms with E-state index in [4.69, 9.17) is 0 Å². The fourth-order valence-electron chi connectivity index (χ4n) is 4.11. The van der Waals surface area contributed by atoms with Crippen LogP contribution in [0.5, 0.6) is 0 Å². The van der Waals surface area contributed by atoms with Crippen LogP contribution in [0.25, 0.3) is 10.7 Å². The first-order valence-electron chi connectivity index (χ1n) is 12.3. The SMILES string of the molecule is C[C@@H](C(=O)N(Cc1cccs1)[C@@H](C(=O)NCc1ccc(F)cc1)c1ccc(F)cc1)n1nnc(-c2cccs2)n1. The van der Waals surface area contributed by atoms with E-state index in [1.807, 2.05) is 35.0 Å². The Bertz CT molecular complexity index is 1560. The first-order chi connectivity index (χ1) is 19.4. The van der Waals surface area contributed by atoms with Gasteiger partial charge in [0, 0.05) is 11.4 Å². The Hall–Kier alpha value is -4.29. The van der Waals surface area contributed by atoms with Gasteiger partial charge in [0.1, 0.15) is 23.7 Å². The van der Waals surface area contributed by atoms with Gasteiger partial charge in [0.15, 0.2) is 0 Å². The van der Waals surface area contributed by atoms with Crippen LogP contribution in [0.3, 0.4) is 0 Å². The molecule has 0 radical (unpaired) electrons. The van der Waals surface area contributed by atoms with Gasteiger partial charge in [-0.05, 0) is 70.4 Å². The highest BCUT2D eigenvalue weighted by Gasteiger charge is 2.35. The summed E-state index contributed by atoms with van der Waals surface area (Å²) in [7, 11) is 0. The van der Waals surface area contributed by atoms with Gasteiger partial charge in [0.25, 0.3) is 0 Å². The lowest BCUT2D eigenvalue weighted by Gasteiger charge is -2.32. The summed E-state index contributed by atoms with van der Waals surface area (Å²) >= 11 is 2.90. The fourth-order valence-corrected chi connectivity index (χ4v) is 5.46. The quantitative estimate of drug-likeness (QED) is 0.240. The van der Waals surface area contributed by atoms with Crippen LogP contribution < -0.4 is 5.32 Å². The van der Waals surface area contributed by atoms with Gasteiger partial charge in [-0.1, -0.05) is 36.4 Å². The number of benzene rings is 2. The van der Waals surface area contributed by atoms with Gasteiger partial charge in [0.05, 0.1) is 11.4 Å². The van der Waals surface area contributed by atoms with Crippen LogP contribution in [0.1, 0.15) is 35.0 Å². The largest absolute Gasteiger partial charge is 0.350 e. The maximum Gasteiger partial charge on any atom is 0.250 e. The van der Waals surface area contributed by atoms with Crippen molar-refractivity contribution in [3.05, 3.63) is 111 Å². The number of nitrogens with zero attached hydrogens (tertiary/aromatic N) is 5. The number of nitrogens with one attached hydrogen (secondary N) is 1. The third-order valence-electron chi connectivity index (χ3n) is 6.19. The molecule has 2 amide bonds. The molecule has 204 valence electrons. The van der Waals surface area contributed by atoms with Gasteiger partial charge < -0.3 is 10.2 Å². The molecule has 3 aromatic heterocycles. The van der Waals surface area contributed by atoms with Crippen molar-refractivity contribution in [2.75, 3.05) is 0 Å². The van der Waals surface area contributed by atoms with Gasteiger partial charge in [0.2, 0.25) is 17.6 Å². The Labute approximate surface area is 236 Å². The number of carbonyl (C=O) groups excluding carboxylic acids is 2. The number of aromatic nitrogens is 4. The molecule has 40 heavy (non-hydrogen) atoms. The summed E-state index contributed by atoms with van der Waals surface area (Å²) in [6.45, 7) is 1.88. The summed E-state index contributed by atoms with van der Waals surface area (Å²) in [5.74, 6) is -1.35. The van der Waals surface area contributed by atoms with Gasteiger partial charge in [-0.15, -0.1) is 32.9 Å². The highest BCUT2D eigenvalue weighted by molar-refractivity contribution is 7.13. The normalized spacial score (nSPS) is 12.6. The van der Waals surface area contributed by atoms with Crippen LogP contribution in [0, 0.1) is 11.6 Å². The average Bonchev–Trinajstić information content (AvgIpc) is 3.75. The molecule has 0 aliphatic rings. The lowest BCUT2D eigenvalue weighted by atomic mass is 10.0. The molecule has 3 heterocycles. The summed E-state index contributed by atoms with van der Waals surface area (Å²) in [6.07, 6.45) is 0. The Kier molecular flexibility index (Phi) is 8.37. The summed E-state index contributed by atoms with van der Waals surface area (Å²) in [6, 6.07) is 16.7. The van der Waals surface area contributed by atoms with Crippen molar-refractivity contribution in [1.82, 2.24) is 30.4 Å². The molecule has 0 aliphatic heterocycles. The molecule has 2 aromatic carbocycles. The molecule has 5 rings (SSSR count). The van der Waals surface area contributed by atoms with Crippen LogP contribution in [0.15, 0.2) is 83.6 Å². The Morgan fingerprint density at radius 2 is 1.62 bits per heavy atom. The van der Waals surface area contributed by atoms with E-state index in [2.05, 4.69) is 20.7 Å². The van der Waals surface area contributed by atoms with Crippen molar-refractivity contribution in [3.63, 3.8) is 0 Å². The predicted octanol–water partition coefficient (Wildman–Crippen LogP) is 5.39. The molecule has 0 unspecified atom stereocenters. The summed E-state index contributed by atoms with van der Waals surface area (Å²) < 4.78 is 27.2. The zero-order valence-corrected chi connectivity index (χ0v) is 22.9. The van der Waals surface area contributed by atoms with Crippen molar-refractivity contribution in [3.8, 4) is 10.7 Å². The third kappa shape index (κ3) is 6.29. The smallest absolute Gasteiger partial charge is 0.250 e. The predicted molar refractivity (Wildman–Crippen MR) is 148 cm³/mol. The number of hydrogen-bond acceptors (Lipinski definition) is 7. The van der Waals surface area contributed by atoms with Crippen LogP contribution in [0.4, 0.5) is 8.78 Å². The lowest BCUT2D eigenvalue weighted by Crippen LogP contribution is -2.45. The number of amides is 2. The van der Waals surface area contributed by atoms with Crippen LogP contribution in [-0.4, -0.2) is 36.9 Å². The monoisotopic (exact) mass is 578 g/mol. The lowest BCUT2D eigenvalue weighted by molar-refractivity contribution is -0.144. The molecule has 8 nitrogen and oxygen atoms in total. The number of rotatable bonds is 10. The summed E-state index contributed by atoms with van der Waals surface area (Å²) in [4.78, 5) is 32.2. The van der Waals surface area contributed by atoms with E-state index in [-0.39, 0.29) is 18.9 Å². The first-order valence-corrected chi connectivity index (χ1v) is 14.1. The topological polar surface area (TPSA) is 93.0 Å². The fraction of sp³-hybridized carbons (Fsp3) is 0.179. The standard InChI is InChI=1S/C28H24F2N6O2S2/c1-18(36-33-26(32-34-36)24-5-3-15-40-24)28(38)35(17-23-4-2-14-39-23)25(20-8-12-22(30)13-9-20)27(37)31-16-19-6-10-21(29)11-7-19/h2-15,18,25H,16-17H2,1H3,(H,31,37)/t18-,25+/m0/s1. The van der Waals surface area contributed by atoms with Gasteiger partial charge in [-0.25, -0.2) is 8.78 Å². The highest BCUT2D eigenvalue weighted by atomic mass is 32.1. The molecular formula is C28H24F2N6O2S2. The summed E-state index contributed by atoms with van der Waals surface area (Å²) in [5, 5.41) is 19.2. The molecule has 12 heteroatoms. The molecule has 2 atom stereocenters. The van der Waals surface area contributed by atoms with Crippen molar-refractivity contribution < 1.29 is 18.4 Å². The molecule has 0 fully saturated rings. The average molecular weight is 579 g/mol. The Morgan fingerprint density at radius 1 is 0.950 bits per heavy atom. The number of tetrazole rings is 1. The second kappa shape index (κ2) is 12.3. The highest BCUT2D eigenvalue weighted by Crippen LogP contribution is 2.29. The van der Waals surface area contributed by atoms with Gasteiger partial charge >= 0.3 is 0 Å². The minimum absolute atomic E-state index is 0.113. The van der Waals surface area contributed by atoms with Crippen molar-refractivity contribution >= 4 is 34.5 Å². The number of carbonyl (C=O) groups is 2. The molecule has 0 aliphatic carbocycles. The molecule has 1 N–H and O–H groups in total. The Balaban J connectivity index is 1.47. The molecule has 0 saturated carbocycles. The zero-order valence-electron chi connectivity index (χ0n) is 21.3. The molecule has 0 saturated heterocycles. The Morgan fingerprint density at radius 3 is 2.27 bits per heavy atom. The van der Waals surface area contributed by atoms with E-state index in [1.165, 1.54) is 68.8 Å². The second-order valence-electron chi connectivity index (χ2n) is 8.93. The molecular weight excluding hydrogens is 554 g/mol. The first kappa shape index (κ1) is 27.3. The van der Waals surface area contributed by atoms with Crippen molar-refractivity contribution in [2.45, 2.75) is 32.1 Å². The van der Waals surface area contributed by atoms with E-state index in [1.54, 1.807) is 19.1 Å². The van der Waals surface area contributed by atoms with Crippen LogP contribution >= 0.6 is 22.7 Å². The van der Waals surface area contributed by atoms with E-state index in [0.717, 1.165) is 9.75 Å². The third-order valence-corrected chi connectivity index (χ3v) is 7.92. The van der Waals surface area contributed by atoms with E-state index < -0.39 is 29.7 Å². The van der Waals surface area contributed by atoms with Gasteiger partial charge in [-0.3, -0.25) is 9.59 Å². The van der Waals surface area contributed by atoms with Gasteiger partial charge in [-0.2, -0.15) is 4.80 Å². The summed E-state index contributed by atoms with van der Waals surface area (Å²) in [5.41, 5.74) is 1.12. The maximum atomic E-state index is 14.1. The number of thiophene rings is 2. The van der Waals surface area contributed by atoms with Crippen molar-refractivity contribution in [1.29, 1.82) is 0 Å².